The van der Waals surface area contributed by atoms with Gasteiger partial charge in [0.2, 0.25) is 22.0 Å². The number of benzene rings is 1. The highest BCUT2D eigenvalue weighted by molar-refractivity contribution is 7.89. The molecule has 0 saturated carbocycles. The molecule has 0 aromatic heterocycles. The number of hydrogen-bond acceptors (Lipinski definition) is 6. The van der Waals surface area contributed by atoms with Gasteiger partial charge in [-0.1, -0.05) is 12.1 Å². The molecule has 0 N–H and O–H groups in total. The number of methoxy groups -OCH3 is 1. The fraction of sp³-hybridized carbons (Fsp3) is 0.556. The zero-order valence-electron chi connectivity index (χ0n) is 15.5. The van der Waals surface area contributed by atoms with Crippen LogP contribution in [-0.2, 0) is 24.3 Å². The molecule has 0 radical (unpaired) electrons. The number of sulfonamides is 1. The van der Waals surface area contributed by atoms with Crippen LogP contribution in [-0.4, -0.2) is 63.2 Å². The van der Waals surface area contributed by atoms with Crippen molar-refractivity contribution in [3.8, 4) is 5.75 Å². The maximum Gasteiger partial charge on any atom is 0.348 e. The maximum atomic E-state index is 13.2. The van der Waals surface area contributed by atoms with Gasteiger partial charge in [0.15, 0.2) is 0 Å². The van der Waals surface area contributed by atoms with Gasteiger partial charge in [-0.05, 0) is 31.9 Å². The highest BCUT2D eigenvalue weighted by atomic mass is 32.2. The van der Waals surface area contributed by atoms with Crippen molar-refractivity contribution in [1.82, 2.24) is 4.31 Å². The second kappa shape index (κ2) is 7.85. The molecule has 3 rings (SSSR count). The summed E-state index contributed by atoms with van der Waals surface area (Å²) in [5, 5.41) is 0. The van der Waals surface area contributed by atoms with Gasteiger partial charge in [0.05, 0.1) is 31.0 Å². The molecule has 8 nitrogen and oxygen atoms in total. The minimum Gasteiger partial charge on any atom is -0.475 e. The first-order valence-electron chi connectivity index (χ1n) is 9.00. The summed E-state index contributed by atoms with van der Waals surface area (Å²) >= 11 is 0. The van der Waals surface area contributed by atoms with E-state index in [0.717, 1.165) is 0 Å². The number of esters is 1. The molecule has 148 valence electrons. The van der Waals surface area contributed by atoms with E-state index < -0.39 is 28.0 Å². The first-order valence-corrected chi connectivity index (χ1v) is 10.6. The fourth-order valence-electron chi connectivity index (χ4n) is 3.50. The number of fused-ring (bicyclic) bond motifs is 1. The summed E-state index contributed by atoms with van der Waals surface area (Å²) < 4.78 is 36.2. The molecule has 0 unspecified atom stereocenters. The zero-order valence-corrected chi connectivity index (χ0v) is 16.3. The van der Waals surface area contributed by atoms with E-state index in [1.165, 1.54) is 16.3 Å². The molecule has 27 heavy (non-hydrogen) atoms. The normalized spacial score (nSPS) is 23.3. The summed E-state index contributed by atoms with van der Waals surface area (Å²) in [4.78, 5) is 26.7. The molecule has 9 heteroatoms. The van der Waals surface area contributed by atoms with E-state index in [1.807, 2.05) is 0 Å². The molecule has 2 heterocycles. The largest absolute Gasteiger partial charge is 0.475 e. The molecule has 0 aliphatic carbocycles. The quantitative estimate of drug-likeness (QED) is 0.706. The molecule has 1 aromatic carbocycles. The first kappa shape index (κ1) is 19.6. The topological polar surface area (TPSA) is 93.2 Å². The minimum atomic E-state index is -3.34. The zero-order chi connectivity index (χ0) is 19.6. The Bertz CT molecular complexity index is 825. The Hall–Kier alpha value is -2.13. The molecule has 1 aromatic rings. The van der Waals surface area contributed by atoms with Crippen molar-refractivity contribution in [1.29, 1.82) is 0 Å². The predicted octanol–water partition coefficient (Wildman–Crippen LogP) is 1.02. The third-order valence-electron chi connectivity index (χ3n) is 5.00. The lowest BCUT2D eigenvalue weighted by Crippen LogP contribution is -2.52. The van der Waals surface area contributed by atoms with Crippen LogP contribution in [0.25, 0.3) is 0 Å². The lowest BCUT2D eigenvalue weighted by Gasteiger charge is -2.38. The molecule has 0 spiro atoms. The molecule has 2 aliphatic heterocycles. The van der Waals surface area contributed by atoms with Crippen molar-refractivity contribution in [2.45, 2.75) is 25.9 Å². The number of carbonyl (C=O) groups is 2. The number of rotatable bonds is 4. The molecular formula is C18H24N2O6S. The van der Waals surface area contributed by atoms with Gasteiger partial charge in [-0.25, -0.2) is 17.5 Å². The first-order chi connectivity index (χ1) is 12.9. The van der Waals surface area contributed by atoms with Crippen LogP contribution in [0.3, 0.4) is 0 Å². The molecule has 1 fully saturated rings. The summed E-state index contributed by atoms with van der Waals surface area (Å²) in [5.41, 5.74) is 0.582. The van der Waals surface area contributed by atoms with E-state index >= 15 is 0 Å². The number of nitrogens with zero attached hydrogens (tertiary/aromatic N) is 2. The van der Waals surface area contributed by atoms with Crippen LogP contribution in [0.1, 0.15) is 19.8 Å². The van der Waals surface area contributed by atoms with Gasteiger partial charge in [0, 0.05) is 13.1 Å². The summed E-state index contributed by atoms with van der Waals surface area (Å²) in [6, 6.07) is 7.00. The van der Waals surface area contributed by atoms with Crippen molar-refractivity contribution in [3.63, 3.8) is 0 Å². The van der Waals surface area contributed by atoms with Gasteiger partial charge >= 0.3 is 5.97 Å². The number of ether oxygens (including phenoxy) is 2. The number of amides is 1. The van der Waals surface area contributed by atoms with E-state index in [9.17, 15) is 18.0 Å². The van der Waals surface area contributed by atoms with E-state index in [1.54, 1.807) is 31.2 Å². The van der Waals surface area contributed by atoms with Crippen molar-refractivity contribution < 1.29 is 27.5 Å². The summed E-state index contributed by atoms with van der Waals surface area (Å²) in [7, 11) is -2.07. The average Bonchev–Trinajstić information content (AvgIpc) is 2.71. The standard InChI is InChI=1S/C18H24N2O6S/c1-3-27(23,24)19-10-6-7-13(11-19)17(21)20-12-16(18(22)25-2)26-15-9-5-4-8-14(15)20/h4-5,8-9,13,16H,3,6-7,10-12H2,1-2H3/t13-,16-/m0/s1. The molecule has 2 aliphatic rings. The Morgan fingerprint density at radius 2 is 2.00 bits per heavy atom. The third-order valence-corrected chi connectivity index (χ3v) is 6.84. The van der Waals surface area contributed by atoms with Crippen LogP contribution in [0.4, 0.5) is 5.69 Å². The second-order valence-electron chi connectivity index (χ2n) is 6.64. The van der Waals surface area contributed by atoms with Crippen LogP contribution < -0.4 is 9.64 Å². The minimum absolute atomic E-state index is 0.0126. The Kier molecular flexibility index (Phi) is 5.71. The van der Waals surface area contributed by atoms with Crippen molar-refractivity contribution in [2.24, 2.45) is 5.92 Å². The van der Waals surface area contributed by atoms with E-state index in [4.69, 9.17) is 9.47 Å². The van der Waals surface area contributed by atoms with Crippen molar-refractivity contribution in [3.05, 3.63) is 24.3 Å². The Morgan fingerprint density at radius 3 is 2.70 bits per heavy atom. The highest BCUT2D eigenvalue weighted by Gasteiger charge is 2.39. The Morgan fingerprint density at radius 1 is 1.26 bits per heavy atom. The third kappa shape index (κ3) is 3.93. The Balaban J connectivity index is 1.85. The van der Waals surface area contributed by atoms with Crippen molar-refractivity contribution >= 4 is 27.6 Å². The second-order valence-corrected chi connectivity index (χ2v) is 8.90. The van der Waals surface area contributed by atoms with Gasteiger partial charge in [-0.15, -0.1) is 0 Å². The summed E-state index contributed by atoms with van der Waals surface area (Å²) in [6.07, 6.45) is 0.326. The van der Waals surface area contributed by atoms with Gasteiger partial charge in [-0.2, -0.15) is 0 Å². The SMILES string of the molecule is CCS(=O)(=O)N1CCC[C@H](C(=O)N2C[C@@H](C(=O)OC)Oc3ccccc32)C1. The van der Waals surface area contributed by atoms with Crippen molar-refractivity contribution in [2.75, 3.05) is 37.4 Å². The molecule has 1 amide bonds. The number of piperidine rings is 1. The smallest absolute Gasteiger partial charge is 0.348 e. The molecule has 2 atom stereocenters. The molecular weight excluding hydrogens is 372 g/mol. The van der Waals surface area contributed by atoms with Crippen LogP contribution in [0.2, 0.25) is 0 Å². The lowest BCUT2D eigenvalue weighted by atomic mass is 9.97. The van der Waals surface area contributed by atoms with Gasteiger partial charge in [-0.3, -0.25) is 4.79 Å². The van der Waals surface area contributed by atoms with E-state index in [0.29, 0.717) is 30.8 Å². The fourth-order valence-corrected chi connectivity index (χ4v) is 4.68. The number of carbonyl (C=O) groups excluding carboxylic acids is 2. The number of hydrogen-bond donors (Lipinski definition) is 0. The summed E-state index contributed by atoms with van der Waals surface area (Å²) in [6.45, 7) is 2.24. The summed E-state index contributed by atoms with van der Waals surface area (Å²) in [5.74, 6) is -0.763. The molecule has 0 bridgehead atoms. The predicted molar refractivity (Wildman–Crippen MR) is 99.0 cm³/mol. The van der Waals surface area contributed by atoms with Crippen LogP contribution in [0.15, 0.2) is 24.3 Å². The lowest BCUT2D eigenvalue weighted by molar-refractivity contribution is -0.148. The monoisotopic (exact) mass is 396 g/mol. The van der Waals surface area contributed by atoms with E-state index in [2.05, 4.69) is 0 Å². The Labute approximate surface area is 159 Å². The number of para-hydroxylation sites is 2. The van der Waals surface area contributed by atoms with Crippen LogP contribution in [0.5, 0.6) is 5.75 Å². The van der Waals surface area contributed by atoms with E-state index in [-0.39, 0.29) is 24.7 Å². The highest BCUT2D eigenvalue weighted by Crippen LogP contribution is 2.35. The average molecular weight is 396 g/mol. The van der Waals surface area contributed by atoms with Crippen LogP contribution in [0, 0.1) is 5.92 Å². The molecule has 1 saturated heterocycles. The van der Waals surface area contributed by atoms with Crippen LogP contribution >= 0.6 is 0 Å². The van der Waals surface area contributed by atoms with Gasteiger partial charge < -0.3 is 14.4 Å². The van der Waals surface area contributed by atoms with Gasteiger partial charge in [0.25, 0.3) is 0 Å². The van der Waals surface area contributed by atoms with Gasteiger partial charge in [0.1, 0.15) is 5.75 Å². The maximum absolute atomic E-state index is 13.2. The number of anilines is 1.